The second-order valence-electron chi connectivity index (χ2n) is 6.26. The number of carbonyl (C=O) groups is 2. The van der Waals surface area contributed by atoms with Gasteiger partial charge in [0.1, 0.15) is 6.54 Å². The lowest BCUT2D eigenvalue weighted by Crippen LogP contribution is -2.46. The maximum atomic E-state index is 12.3. The van der Waals surface area contributed by atoms with Crippen molar-refractivity contribution in [2.24, 2.45) is 0 Å². The number of nitrogens with one attached hydrogen (secondary N) is 2. The predicted molar refractivity (Wildman–Crippen MR) is 107 cm³/mol. The summed E-state index contributed by atoms with van der Waals surface area (Å²) in [5, 5.41) is 4.49. The molecule has 0 spiro atoms. The Hall–Kier alpha value is -3.94. The van der Waals surface area contributed by atoms with E-state index in [1.807, 2.05) is 24.3 Å². The standard InChI is InChI=1S/C20H18N6O2/c1-25-16-4-2-3-5-17(16)26(13-19(25)27)24-15-8-6-14(7-9-15)20(28)23-18-12-21-10-11-22-18/h2-12,24H,13H2,1H3,(H,22,23,28). The molecule has 1 aliphatic heterocycles. The quantitative estimate of drug-likeness (QED) is 0.729. The van der Waals surface area contributed by atoms with Gasteiger partial charge in [-0.05, 0) is 36.4 Å². The van der Waals surface area contributed by atoms with Gasteiger partial charge in [0, 0.05) is 25.0 Å². The number of rotatable bonds is 4. The lowest BCUT2D eigenvalue weighted by Gasteiger charge is -2.35. The van der Waals surface area contributed by atoms with E-state index < -0.39 is 0 Å². The minimum absolute atomic E-state index is 0.00818. The average molecular weight is 374 g/mol. The Labute approximate surface area is 161 Å². The maximum Gasteiger partial charge on any atom is 0.256 e. The highest BCUT2D eigenvalue weighted by atomic mass is 16.2. The Bertz CT molecular complexity index is 1010. The molecule has 8 nitrogen and oxygen atoms in total. The number of amides is 2. The molecule has 0 unspecified atom stereocenters. The third-order valence-electron chi connectivity index (χ3n) is 4.42. The van der Waals surface area contributed by atoms with Gasteiger partial charge in [-0.2, -0.15) is 0 Å². The van der Waals surface area contributed by atoms with E-state index in [1.54, 1.807) is 41.2 Å². The molecule has 0 atom stereocenters. The average Bonchev–Trinajstić information content (AvgIpc) is 2.73. The minimum Gasteiger partial charge on any atom is -0.312 e. The molecule has 3 aromatic rings. The Morgan fingerprint density at radius 1 is 1.04 bits per heavy atom. The summed E-state index contributed by atoms with van der Waals surface area (Å²) in [5.74, 6) is 0.112. The molecule has 2 N–H and O–H groups in total. The molecule has 140 valence electrons. The van der Waals surface area contributed by atoms with Crippen molar-refractivity contribution in [2.45, 2.75) is 0 Å². The van der Waals surface area contributed by atoms with E-state index in [0.29, 0.717) is 11.4 Å². The van der Waals surface area contributed by atoms with Crippen molar-refractivity contribution in [1.82, 2.24) is 9.97 Å². The SMILES string of the molecule is CN1C(=O)CN(Nc2ccc(C(=O)Nc3cnccn3)cc2)c2ccccc21. The topological polar surface area (TPSA) is 90.5 Å². The zero-order valence-electron chi connectivity index (χ0n) is 15.2. The van der Waals surface area contributed by atoms with E-state index >= 15 is 0 Å². The van der Waals surface area contributed by atoms with Crippen LogP contribution in [0.2, 0.25) is 0 Å². The van der Waals surface area contributed by atoms with Crippen molar-refractivity contribution in [2.75, 3.05) is 34.2 Å². The van der Waals surface area contributed by atoms with E-state index in [2.05, 4.69) is 20.7 Å². The fraction of sp³-hybridized carbons (Fsp3) is 0.100. The predicted octanol–water partition coefficient (Wildman–Crippen LogP) is 2.54. The first-order valence-electron chi connectivity index (χ1n) is 8.69. The molecule has 8 heteroatoms. The van der Waals surface area contributed by atoms with Crippen LogP contribution in [0, 0.1) is 0 Å². The van der Waals surface area contributed by atoms with Gasteiger partial charge in [-0.3, -0.25) is 25.0 Å². The molecule has 28 heavy (non-hydrogen) atoms. The van der Waals surface area contributed by atoms with E-state index in [4.69, 9.17) is 0 Å². The van der Waals surface area contributed by atoms with Crippen LogP contribution in [-0.4, -0.2) is 35.4 Å². The van der Waals surface area contributed by atoms with Gasteiger partial charge >= 0.3 is 0 Å². The third kappa shape index (κ3) is 3.48. The van der Waals surface area contributed by atoms with E-state index in [0.717, 1.165) is 17.1 Å². The molecular weight excluding hydrogens is 356 g/mol. The molecule has 0 bridgehead atoms. The van der Waals surface area contributed by atoms with Crippen molar-refractivity contribution in [3.63, 3.8) is 0 Å². The zero-order valence-corrected chi connectivity index (χ0v) is 15.2. The van der Waals surface area contributed by atoms with Crippen LogP contribution in [0.3, 0.4) is 0 Å². The van der Waals surface area contributed by atoms with Gasteiger partial charge in [-0.15, -0.1) is 0 Å². The van der Waals surface area contributed by atoms with E-state index in [-0.39, 0.29) is 18.4 Å². The number of benzene rings is 2. The summed E-state index contributed by atoms with van der Waals surface area (Å²) in [5.41, 5.74) is 6.24. The number of likely N-dealkylation sites (N-methyl/N-ethyl adjacent to an activating group) is 1. The highest BCUT2D eigenvalue weighted by molar-refractivity contribution is 6.04. The lowest BCUT2D eigenvalue weighted by atomic mass is 10.2. The van der Waals surface area contributed by atoms with E-state index in [1.165, 1.54) is 18.6 Å². The van der Waals surface area contributed by atoms with Crippen molar-refractivity contribution in [3.05, 3.63) is 72.7 Å². The highest BCUT2D eigenvalue weighted by Gasteiger charge is 2.26. The normalized spacial score (nSPS) is 13.1. The smallest absolute Gasteiger partial charge is 0.256 e. The number of hydrogen-bond acceptors (Lipinski definition) is 6. The second kappa shape index (κ2) is 7.36. The first-order chi connectivity index (χ1) is 13.6. The fourth-order valence-corrected chi connectivity index (χ4v) is 2.94. The summed E-state index contributed by atoms with van der Waals surface area (Å²) in [7, 11) is 1.77. The number of para-hydroxylation sites is 2. The monoisotopic (exact) mass is 374 g/mol. The van der Waals surface area contributed by atoms with Crippen molar-refractivity contribution in [1.29, 1.82) is 0 Å². The van der Waals surface area contributed by atoms with Crippen LogP contribution in [-0.2, 0) is 4.79 Å². The summed E-state index contributed by atoms with van der Waals surface area (Å²) in [4.78, 5) is 34.1. The molecule has 0 aliphatic carbocycles. The van der Waals surface area contributed by atoms with E-state index in [9.17, 15) is 9.59 Å². The van der Waals surface area contributed by atoms with Gasteiger partial charge in [0.05, 0.1) is 23.3 Å². The van der Waals surface area contributed by atoms with Gasteiger partial charge in [-0.25, -0.2) is 4.98 Å². The molecule has 0 saturated heterocycles. The summed E-state index contributed by atoms with van der Waals surface area (Å²) in [6.07, 6.45) is 4.53. The summed E-state index contributed by atoms with van der Waals surface area (Å²) in [6, 6.07) is 14.7. The van der Waals surface area contributed by atoms with Gasteiger partial charge in [0.2, 0.25) is 5.91 Å². The third-order valence-corrected chi connectivity index (χ3v) is 4.42. The molecule has 0 saturated carbocycles. The van der Waals surface area contributed by atoms with Crippen LogP contribution >= 0.6 is 0 Å². The summed E-state index contributed by atoms with van der Waals surface area (Å²) < 4.78 is 0. The minimum atomic E-state index is -0.271. The highest BCUT2D eigenvalue weighted by Crippen LogP contribution is 2.32. The molecule has 1 aliphatic rings. The Morgan fingerprint density at radius 3 is 2.50 bits per heavy atom. The number of fused-ring (bicyclic) bond motifs is 1. The number of carbonyl (C=O) groups excluding carboxylic acids is 2. The van der Waals surface area contributed by atoms with Crippen LogP contribution in [0.1, 0.15) is 10.4 Å². The molecule has 0 fully saturated rings. The first-order valence-corrected chi connectivity index (χ1v) is 8.69. The number of aromatic nitrogens is 2. The van der Waals surface area contributed by atoms with Gasteiger partial charge in [-0.1, -0.05) is 12.1 Å². The molecule has 2 aromatic carbocycles. The summed E-state index contributed by atoms with van der Waals surface area (Å²) >= 11 is 0. The fourth-order valence-electron chi connectivity index (χ4n) is 2.94. The Balaban J connectivity index is 1.48. The van der Waals surface area contributed by atoms with Crippen LogP contribution in [0.5, 0.6) is 0 Å². The van der Waals surface area contributed by atoms with Crippen LogP contribution in [0.4, 0.5) is 22.9 Å². The van der Waals surface area contributed by atoms with Crippen molar-refractivity contribution >= 4 is 34.7 Å². The van der Waals surface area contributed by atoms with Crippen LogP contribution in [0.25, 0.3) is 0 Å². The lowest BCUT2D eigenvalue weighted by molar-refractivity contribution is -0.117. The molecule has 0 radical (unpaired) electrons. The largest absolute Gasteiger partial charge is 0.312 e. The first kappa shape index (κ1) is 17.5. The van der Waals surface area contributed by atoms with Gasteiger partial charge in [0.15, 0.2) is 5.82 Å². The van der Waals surface area contributed by atoms with Crippen LogP contribution < -0.4 is 20.7 Å². The number of nitrogens with zero attached hydrogens (tertiary/aromatic N) is 4. The second-order valence-corrected chi connectivity index (χ2v) is 6.26. The molecular formula is C20H18N6O2. The zero-order chi connectivity index (χ0) is 19.5. The number of hydrogen-bond donors (Lipinski definition) is 2. The summed E-state index contributed by atoms with van der Waals surface area (Å²) in [6.45, 7) is 0.211. The number of anilines is 4. The Kier molecular flexibility index (Phi) is 4.59. The molecule has 4 rings (SSSR count). The Morgan fingerprint density at radius 2 is 1.79 bits per heavy atom. The van der Waals surface area contributed by atoms with Gasteiger partial charge in [0.25, 0.3) is 5.91 Å². The molecule has 2 amide bonds. The van der Waals surface area contributed by atoms with Crippen molar-refractivity contribution in [3.8, 4) is 0 Å². The molecule has 1 aromatic heterocycles. The molecule has 2 heterocycles. The van der Waals surface area contributed by atoms with Crippen molar-refractivity contribution < 1.29 is 9.59 Å². The number of hydrazine groups is 1. The van der Waals surface area contributed by atoms with Gasteiger partial charge < -0.3 is 10.2 Å². The van der Waals surface area contributed by atoms with Crippen LogP contribution in [0.15, 0.2) is 67.1 Å². The maximum absolute atomic E-state index is 12.3.